The quantitative estimate of drug-likeness (QED) is 0.365. The third kappa shape index (κ3) is 8.14. The lowest BCUT2D eigenvalue weighted by molar-refractivity contribution is -0.0261. The van der Waals surface area contributed by atoms with E-state index in [1.54, 1.807) is 12.7 Å². The Kier molecular flexibility index (Phi) is 9.41. The van der Waals surface area contributed by atoms with E-state index < -0.39 is 0 Å². The first-order valence-electron chi connectivity index (χ1n) is 9.86. The zero-order valence-electron chi connectivity index (χ0n) is 16.5. The van der Waals surface area contributed by atoms with Crippen molar-refractivity contribution in [3.05, 3.63) is 12.7 Å². The Morgan fingerprint density at radius 1 is 1.27 bits per heavy atom. The number of unbranched alkanes of at least 4 members (excludes halogenated alkanes) is 1. The lowest BCUT2D eigenvalue weighted by atomic mass is 10.2. The van der Waals surface area contributed by atoms with Gasteiger partial charge in [0, 0.05) is 39.3 Å². The van der Waals surface area contributed by atoms with Crippen molar-refractivity contribution >= 4 is 5.96 Å². The Labute approximate surface area is 157 Å². The number of hydrogen-bond acceptors (Lipinski definition) is 5. The van der Waals surface area contributed by atoms with Crippen LogP contribution in [0.15, 0.2) is 17.6 Å². The molecule has 1 saturated heterocycles. The number of ether oxygens (including phenoxy) is 1. The predicted octanol–water partition coefficient (Wildman–Crippen LogP) is 0.970. The summed E-state index contributed by atoms with van der Waals surface area (Å²) in [5, 5.41) is 14.4. The van der Waals surface area contributed by atoms with Crippen molar-refractivity contribution in [3.8, 4) is 0 Å². The molecular formula is C18H35N7O. The van der Waals surface area contributed by atoms with Crippen molar-refractivity contribution in [3.63, 3.8) is 0 Å². The molecule has 1 atom stereocenters. The highest BCUT2D eigenvalue weighted by molar-refractivity contribution is 5.79. The normalized spacial score (nSPS) is 19.1. The number of aromatic nitrogens is 3. The fraction of sp³-hybridized carbons (Fsp3) is 0.833. The van der Waals surface area contributed by atoms with Gasteiger partial charge in [-0.1, -0.05) is 13.8 Å². The van der Waals surface area contributed by atoms with Crippen molar-refractivity contribution in [2.45, 2.75) is 46.3 Å². The summed E-state index contributed by atoms with van der Waals surface area (Å²) in [5.41, 5.74) is 0. The molecule has 8 nitrogen and oxygen atoms in total. The van der Waals surface area contributed by atoms with E-state index in [-0.39, 0.29) is 6.10 Å². The van der Waals surface area contributed by atoms with Crippen LogP contribution in [0.25, 0.3) is 0 Å². The number of morpholine rings is 1. The molecule has 26 heavy (non-hydrogen) atoms. The van der Waals surface area contributed by atoms with Gasteiger partial charge in [-0.2, -0.15) is 0 Å². The Morgan fingerprint density at radius 3 is 2.81 bits per heavy atom. The molecule has 2 rings (SSSR count). The summed E-state index contributed by atoms with van der Waals surface area (Å²) < 4.78 is 7.89. The van der Waals surface area contributed by atoms with Crippen LogP contribution >= 0.6 is 0 Å². The SMILES string of the molecule is CCNC(=NCC1CN(CC(C)C)CCO1)NCCCCn1cnnc1. The summed E-state index contributed by atoms with van der Waals surface area (Å²) in [6, 6.07) is 0. The van der Waals surface area contributed by atoms with Crippen LogP contribution in [0.2, 0.25) is 0 Å². The minimum atomic E-state index is 0.187. The van der Waals surface area contributed by atoms with Crippen LogP contribution < -0.4 is 10.6 Å². The molecule has 2 N–H and O–H groups in total. The number of nitrogens with zero attached hydrogens (tertiary/aromatic N) is 5. The molecule has 1 aromatic rings. The molecule has 0 amide bonds. The van der Waals surface area contributed by atoms with Gasteiger partial charge in [-0.05, 0) is 25.7 Å². The molecule has 2 heterocycles. The maximum Gasteiger partial charge on any atom is 0.191 e. The highest BCUT2D eigenvalue weighted by Gasteiger charge is 2.20. The van der Waals surface area contributed by atoms with Crippen LogP contribution in [0.3, 0.4) is 0 Å². The van der Waals surface area contributed by atoms with Crippen LogP contribution in [0.1, 0.15) is 33.6 Å². The van der Waals surface area contributed by atoms with Gasteiger partial charge in [-0.3, -0.25) is 9.89 Å². The number of aliphatic imine (C=N–C) groups is 1. The first kappa shape index (κ1) is 20.6. The van der Waals surface area contributed by atoms with Crippen molar-refractivity contribution < 1.29 is 4.74 Å². The predicted molar refractivity (Wildman–Crippen MR) is 104 cm³/mol. The van der Waals surface area contributed by atoms with Crippen LogP contribution in [0.5, 0.6) is 0 Å². The second-order valence-electron chi connectivity index (χ2n) is 7.20. The molecule has 0 aliphatic carbocycles. The van der Waals surface area contributed by atoms with E-state index in [0.29, 0.717) is 12.5 Å². The number of rotatable bonds is 10. The summed E-state index contributed by atoms with van der Waals surface area (Å²) in [4.78, 5) is 7.20. The largest absolute Gasteiger partial charge is 0.374 e. The van der Waals surface area contributed by atoms with E-state index in [0.717, 1.165) is 64.7 Å². The maximum absolute atomic E-state index is 5.88. The van der Waals surface area contributed by atoms with Crippen molar-refractivity contribution in [1.29, 1.82) is 0 Å². The standard InChI is InChI=1S/C18H35N7O/c1-4-19-18(20-7-5-6-8-25-14-22-23-15-25)21-11-17-13-24(9-10-26-17)12-16(2)3/h14-17H,4-13H2,1-3H3,(H2,19,20,21). The zero-order valence-corrected chi connectivity index (χ0v) is 16.5. The summed E-state index contributed by atoms with van der Waals surface area (Å²) in [6.07, 6.45) is 5.86. The molecule has 1 aliphatic rings. The molecule has 1 unspecified atom stereocenters. The maximum atomic E-state index is 5.88. The van der Waals surface area contributed by atoms with E-state index in [9.17, 15) is 0 Å². The van der Waals surface area contributed by atoms with E-state index in [1.807, 2.05) is 4.57 Å². The monoisotopic (exact) mass is 365 g/mol. The molecule has 0 bridgehead atoms. The average Bonchev–Trinajstić information content (AvgIpc) is 3.12. The van der Waals surface area contributed by atoms with Crippen molar-refractivity contribution in [2.24, 2.45) is 10.9 Å². The molecule has 0 radical (unpaired) electrons. The van der Waals surface area contributed by atoms with E-state index in [1.165, 1.54) is 0 Å². The van der Waals surface area contributed by atoms with Gasteiger partial charge < -0.3 is 19.9 Å². The Morgan fingerprint density at radius 2 is 2.08 bits per heavy atom. The molecule has 1 aliphatic heterocycles. The molecule has 0 saturated carbocycles. The third-order valence-electron chi connectivity index (χ3n) is 4.25. The topological polar surface area (TPSA) is 79.6 Å². The first-order chi connectivity index (χ1) is 12.7. The Hall–Kier alpha value is -1.67. The molecule has 148 valence electrons. The van der Waals surface area contributed by atoms with Gasteiger partial charge in [0.05, 0.1) is 19.3 Å². The Bertz CT molecular complexity index is 504. The van der Waals surface area contributed by atoms with Crippen LogP contribution in [0.4, 0.5) is 0 Å². The van der Waals surface area contributed by atoms with E-state index in [2.05, 4.69) is 46.5 Å². The second-order valence-corrected chi connectivity index (χ2v) is 7.20. The summed E-state index contributed by atoms with van der Waals surface area (Å²) >= 11 is 0. The van der Waals surface area contributed by atoms with Gasteiger partial charge in [-0.15, -0.1) is 10.2 Å². The summed E-state index contributed by atoms with van der Waals surface area (Å²) in [5.74, 6) is 1.57. The highest BCUT2D eigenvalue weighted by Crippen LogP contribution is 2.08. The molecule has 1 aromatic heterocycles. The molecule has 1 fully saturated rings. The molecule has 0 aromatic carbocycles. The summed E-state index contributed by atoms with van der Waals surface area (Å²) in [7, 11) is 0. The van der Waals surface area contributed by atoms with E-state index in [4.69, 9.17) is 9.73 Å². The molecular weight excluding hydrogens is 330 g/mol. The minimum absolute atomic E-state index is 0.187. The van der Waals surface area contributed by atoms with Gasteiger partial charge in [0.15, 0.2) is 5.96 Å². The first-order valence-corrected chi connectivity index (χ1v) is 9.86. The van der Waals surface area contributed by atoms with Gasteiger partial charge in [-0.25, -0.2) is 0 Å². The lowest BCUT2D eigenvalue weighted by Gasteiger charge is -2.33. The average molecular weight is 366 g/mol. The van der Waals surface area contributed by atoms with Gasteiger partial charge >= 0.3 is 0 Å². The fourth-order valence-corrected chi connectivity index (χ4v) is 3.07. The Balaban J connectivity index is 1.67. The van der Waals surface area contributed by atoms with E-state index >= 15 is 0 Å². The van der Waals surface area contributed by atoms with Crippen LogP contribution in [-0.4, -0.2) is 77.6 Å². The second kappa shape index (κ2) is 11.9. The number of nitrogens with one attached hydrogen (secondary N) is 2. The van der Waals surface area contributed by atoms with Crippen LogP contribution in [0, 0.1) is 5.92 Å². The van der Waals surface area contributed by atoms with Crippen molar-refractivity contribution in [1.82, 2.24) is 30.3 Å². The molecule has 8 heteroatoms. The van der Waals surface area contributed by atoms with Gasteiger partial charge in [0.1, 0.15) is 12.7 Å². The fourth-order valence-electron chi connectivity index (χ4n) is 3.07. The lowest BCUT2D eigenvalue weighted by Crippen LogP contribution is -2.46. The third-order valence-corrected chi connectivity index (χ3v) is 4.25. The van der Waals surface area contributed by atoms with Crippen LogP contribution in [-0.2, 0) is 11.3 Å². The number of guanidine groups is 1. The minimum Gasteiger partial charge on any atom is -0.374 e. The zero-order chi connectivity index (χ0) is 18.6. The smallest absolute Gasteiger partial charge is 0.191 e. The van der Waals surface area contributed by atoms with Gasteiger partial charge in [0.2, 0.25) is 0 Å². The summed E-state index contributed by atoms with van der Waals surface area (Å²) in [6.45, 7) is 14.0. The molecule has 0 spiro atoms. The number of aryl methyl sites for hydroxylation is 1. The number of hydrogen-bond donors (Lipinski definition) is 2. The van der Waals surface area contributed by atoms with Gasteiger partial charge in [0.25, 0.3) is 0 Å². The van der Waals surface area contributed by atoms with Crippen molar-refractivity contribution in [2.75, 3.05) is 45.9 Å². The highest BCUT2D eigenvalue weighted by atomic mass is 16.5.